The molecule has 0 radical (unpaired) electrons. The van der Waals surface area contributed by atoms with Crippen LogP contribution in [0, 0.1) is 5.82 Å². The molecular weight excluding hydrogens is 453 g/mol. The van der Waals surface area contributed by atoms with Crippen LogP contribution in [-0.4, -0.2) is 59.1 Å². The van der Waals surface area contributed by atoms with E-state index in [4.69, 9.17) is 0 Å². The lowest BCUT2D eigenvalue weighted by Crippen LogP contribution is -2.37. The number of benzene rings is 1. The van der Waals surface area contributed by atoms with E-state index in [0.717, 1.165) is 43.0 Å². The Morgan fingerprint density at radius 2 is 1.79 bits per heavy atom. The van der Waals surface area contributed by atoms with Crippen LogP contribution < -0.4 is 10.2 Å². The number of nitrogens with one attached hydrogen (secondary N) is 1. The molecule has 5 rings (SSSR count). The molecule has 3 aromatic rings. The lowest BCUT2D eigenvalue weighted by molar-refractivity contribution is 0.0713. The standard InChI is InChI=1S/C25H26FN5O2S/c26-19-5-3-18(4-6-19)25(33)30-13-9-17(10-14-30)21-7-8-22(34-21)24(32)28-20-11-15-31(16-20)23-2-1-12-27-29-23/h1-8,12,17,20H,9-11,13-16H2,(H,28,32)/t20-/m0/s1. The topological polar surface area (TPSA) is 78.4 Å². The average molecular weight is 480 g/mol. The third-order valence-corrected chi connectivity index (χ3v) is 7.78. The molecule has 2 amide bonds. The van der Waals surface area contributed by atoms with Crippen LogP contribution in [0.2, 0.25) is 0 Å². The Kier molecular flexibility index (Phi) is 6.53. The van der Waals surface area contributed by atoms with E-state index in [-0.39, 0.29) is 23.7 Å². The van der Waals surface area contributed by atoms with E-state index < -0.39 is 0 Å². The number of likely N-dealkylation sites (tertiary alicyclic amines) is 1. The van der Waals surface area contributed by atoms with Gasteiger partial charge < -0.3 is 15.1 Å². The van der Waals surface area contributed by atoms with E-state index in [1.54, 1.807) is 17.5 Å². The van der Waals surface area contributed by atoms with Gasteiger partial charge in [-0.25, -0.2) is 4.39 Å². The van der Waals surface area contributed by atoms with Gasteiger partial charge in [-0.05, 0) is 73.7 Å². The van der Waals surface area contributed by atoms with Crippen LogP contribution in [0.1, 0.15) is 50.1 Å². The molecule has 1 N–H and O–H groups in total. The molecule has 9 heteroatoms. The number of hydrogen-bond acceptors (Lipinski definition) is 6. The highest BCUT2D eigenvalue weighted by atomic mass is 32.1. The van der Waals surface area contributed by atoms with Crippen LogP contribution in [0.25, 0.3) is 0 Å². The summed E-state index contributed by atoms with van der Waals surface area (Å²) in [6, 6.07) is 13.5. The second kappa shape index (κ2) is 9.89. The first-order valence-electron chi connectivity index (χ1n) is 11.5. The Labute approximate surface area is 201 Å². The van der Waals surface area contributed by atoms with E-state index in [1.807, 2.05) is 29.2 Å². The van der Waals surface area contributed by atoms with Gasteiger partial charge in [0, 0.05) is 48.9 Å². The summed E-state index contributed by atoms with van der Waals surface area (Å²) < 4.78 is 13.1. The van der Waals surface area contributed by atoms with Crippen molar-refractivity contribution in [2.45, 2.75) is 31.2 Å². The number of carbonyl (C=O) groups excluding carboxylic acids is 2. The van der Waals surface area contributed by atoms with Crippen LogP contribution in [0.3, 0.4) is 0 Å². The fourth-order valence-corrected chi connectivity index (χ4v) is 5.72. The van der Waals surface area contributed by atoms with Crippen molar-refractivity contribution in [1.82, 2.24) is 20.4 Å². The number of carbonyl (C=O) groups is 2. The highest BCUT2D eigenvalue weighted by Crippen LogP contribution is 2.33. The minimum atomic E-state index is -0.344. The van der Waals surface area contributed by atoms with E-state index in [9.17, 15) is 14.0 Å². The molecule has 0 unspecified atom stereocenters. The predicted octanol–water partition coefficient (Wildman–Crippen LogP) is 3.71. The Morgan fingerprint density at radius 1 is 1.00 bits per heavy atom. The van der Waals surface area contributed by atoms with Gasteiger partial charge >= 0.3 is 0 Å². The molecule has 2 aliphatic heterocycles. The number of piperidine rings is 1. The summed E-state index contributed by atoms with van der Waals surface area (Å²) in [5, 5.41) is 11.2. The fraction of sp³-hybridized carbons (Fsp3) is 0.360. The molecule has 34 heavy (non-hydrogen) atoms. The smallest absolute Gasteiger partial charge is 0.261 e. The van der Waals surface area contributed by atoms with Gasteiger partial charge in [0.05, 0.1) is 4.88 Å². The van der Waals surface area contributed by atoms with Crippen molar-refractivity contribution in [3.05, 3.63) is 75.9 Å². The van der Waals surface area contributed by atoms with E-state index >= 15 is 0 Å². The second-order valence-electron chi connectivity index (χ2n) is 8.76. The van der Waals surface area contributed by atoms with Crippen LogP contribution in [0.5, 0.6) is 0 Å². The van der Waals surface area contributed by atoms with Crippen molar-refractivity contribution in [2.24, 2.45) is 0 Å². The van der Waals surface area contributed by atoms with Crippen molar-refractivity contribution >= 4 is 29.0 Å². The minimum Gasteiger partial charge on any atom is -0.353 e. The van der Waals surface area contributed by atoms with Gasteiger partial charge in [-0.3, -0.25) is 9.59 Å². The van der Waals surface area contributed by atoms with Crippen LogP contribution in [-0.2, 0) is 0 Å². The first-order chi connectivity index (χ1) is 16.6. The van der Waals surface area contributed by atoms with Crippen LogP contribution in [0.4, 0.5) is 10.2 Å². The SMILES string of the molecule is O=C(N[C@H]1CCN(c2cccnn2)C1)c1ccc(C2CCN(C(=O)c3ccc(F)cc3)CC2)s1. The molecule has 0 aliphatic carbocycles. The molecular formula is C25H26FN5O2S. The molecule has 1 aromatic carbocycles. The largest absolute Gasteiger partial charge is 0.353 e. The normalized spacial score (nSPS) is 18.8. The molecule has 0 saturated carbocycles. The molecule has 2 aromatic heterocycles. The summed E-state index contributed by atoms with van der Waals surface area (Å²) in [5.41, 5.74) is 0.514. The van der Waals surface area contributed by atoms with Gasteiger partial charge in [0.1, 0.15) is 5.82 Å². The van der Waals surface area contributed by atoms with E-state index in [0.29, 0.717) is 24.6 Å². The maximum atomic E-state index is 13.1. The summed E-state index contributed by atoms with van der Waals surface area (Å²) in [5.74, 6) is 0.732. The quantitative estimate of drug-likeness (QED) is 0.604. The fourth-order valence-electron chi connectivity index (χ4n) is 4.64. The number of amides is 2. The zero-order chi connectivity index (χ0) is 23.5. The minimum absolute atomic E-state index is 0.0360. The molecule has 176 valence electrons. The maximum Gasteiger partial charge on any atom is 0.261 e. The van der Waals surface area contributed by atoms with Gasteiger partial charge in [-0.1, -0.05) is 0 Å². The molecule has 1 atom stereocenters. The highest BCUT2D eigenvalue weighted by molar-refractivity contribution is 7.14. The first kappa shape index (κ1) is 22.5. The maximum absolute atomic E-state index is 13.1. The first-order valence-corrected chi connectivity index (χ1v) is 12.4. The summed E-state index contributed by atoms with van der Waals surface area (Å²) >= 11 is 1.54. The van der Waals surface area contributed by atoms with Gasteiger partial charge in [0.25, 0.3) is 11.8 Å². The van der Waals surface area contributed by atoms with Crippen molar-refractivity contribution in [1.29, 1.82) is 0 Å². The van der Waals surface area contributed by atoms with Crippen molar-refractivity contribution < 1.29 is 14.0 Å². The molecule has 2 aliphatic rings. The molecule has 2 saturated heterocycles. The molecule has 7 nitrogen and oxygen atoms in total. The predicted molar refractivity (Wildman–Crippen MR) is 129 cm³/mol. The van der Waals surface area contributed by atoms with Gasteiger partial charge in [0.2, 0.25) is 0 Å². The lowest BCUT2D eigenvalue weighted by atomic mass is 9.95. The monoisotopic (exact) mass is 479 g/mol. The van der Waals surface area contributed by atoms with Crippen molar-refractivity contribution in [2.75, 3.05) is 31.1 Å². The van der Waals surface area contributed by atoms with Gasteiger partial charge in [-0.2, -0.15) is 5.10 Å². The van der Waals surface area contributed by atoms with Crippen LogP contribution in [0.15, 0.2) is 54.7 Å². The summed E-state index contributed by atoms with van der Waals surface area (Å²) in [7, 11) is 0. The third-order valence-electron chi connectivity index (χ3n) is 6.53. The summed E-state index contributed by atoms with van der Waals surface area (Å²) in [4.78, 5) is 31.4. The number of thiophene rings is 1. The van der Waals surface area contributed by atoms with E-state index in [2.05, 4.69) is 20.4 Å². The number of anilines is 1. The number of hydrogen-bond donors (Lipinski definition) is 1. The molecule has 0 spiro atoms. The number of halogens is 1. The summed E-state index contributed by atoms with van der Waals surface area (Å²) in [6.45, 7) is 2.87. The van der Waals surface area contributed by atoms with E-state index in [1.165, 1.54) is 29.1 Å². The number of nitrogens with zero attached hydrogens (tertiary/aromatic N) is 4. The highest BCUT2D eigenvalue weighted by Gasteiger charge is 2.28. The van der Waals surface area contributed by atoms with Gasteiger partial charge in [-0.15, -0.1) is 16.4 Å². The zero-order valence-electron chi connectivity index (χ0n) is 18.7. The van der Waals surface area contributed by atoms with Crippen LogP contribution >= 0.6 is 11.3 Å². The Morgan fingerprint density at radius 3 is 2.53 bits per heavy atom. The van der Waals surface area contributed by atoms with Crippen molar-refractivity contribution in [3.63, 3.8) is 0 Å². The lowest BCUT2D eigenvalue weighted by Gasteiger charge is -2.31. The number of aromatic nitrogens is 2. The van der Waals surface area contributed by atoms with Crippen molar-refractivity contribution in [3.8, 4) is 0 Å². The molecule has 2 fully saturated rings. The summed E-state index contributed by atoms with van der Waals surface area (Å²) in [6.07, 6.45) is 4.23. The zero-order valence-corrected chi connectivity index (χ0v) is 19.5. The third kappa shape index (κ3) is 4.94. The molecule has 4 heterocycles. The Bertz CT molecular complexity index is 1150. The molecule has 0 bridgehead atoms. The second-order valence-corrected chi connectivity index (χ2v) is 9.88. The average Bonchev–Trinajstić information content (AvgIpc) is 3.55. The Hall–Kier alpha value is -3.33. The number of rotatable bonds is 5. The Balaban J connectivity index is 1.13. The van der Waals surface area contributed by atoms with Gasteiger partial charge in [0.15, 0.2) is 5.82 Å².